The van der Waals surface area contributed by atoms with Gasteiger partial charge in [0.2, 0.25) is 0 Å². The van der Waals surface area contributed by atoms with Crippen LogP contribution >= 0.6 is 0 Å². The van der Waals surface area contributed by atoms with Crippen molar-refractivity contribution < 1.29 is 97.4 Å². The van der Waals surface area contributed by atoms with Crippen molar-refractivity contribution in [2.24, 2.45) is 28.6 Å². The van der Waals surface area contributed by atoms with Gasteiger partial charge in [0, 0.05) is 46.5 Å². The van der Waals surface area contributed by atoms with Crippen LogP contribution < -0.4 is 0 Å². The van der Waals surface area contributed by atoms with Gasteiger partial charge in [-0.2, -0.15) is 0 Å². The molecule has 8 rings (SSSR count). The molecule has 0 amide bonds. The Hall–Kier alpha value is -1.51. The highest BCUT2D eigenvalue weighted by atomic mass is 16.8. The number of hydrogen-bond donors (Lipinski definition) is 7. The van der Waals surface area contributed by atoms with E-state index in [0.29, 0.717) is 32.1 Å². The van der Waals surface area contributed by atoms with Gasteiger partial charge in [0.1, 0.15) is 61.0 Å². The second-order valence-corrected chi connectivity index (χ2v) is 22.0. The average Bonchev–Trinajstić information content (AvgIpc) is 3.61. The molecular weight excluding hydrogens is 921 g/mol. The van der Waals surface area contributed by atoms with E-state index < -0.39 is 140 Å². The molecule has 4 aliphatic carbocycles. The second kappa shape index (κ2) is 21.6. The number of aliphatic hydroxyl groups is 7. The van der Waals surface area contributed by atoms with E-state index in [1.54, 1.807) is 28.1 Å². The summed E-state index contributed by atoms with van der Waals surface area (Å²) in [7, 11) is 4.57. The number of carbonyl (C=O) groups is 1. The fourth-order valence-corrected chi connectivity index (χ4v) is 14.3. The molecule has 0 aromatic carbocycles. The summed E-state index contributed by atoms with van der Waals surface area (Å²) in [5, 5.41) is 75.8. The highest BCUT2D eigenvalue weighted by Crippen LogP contribution is 2.69. The molecule has 8 aliphatic rings. The van der Waals surface area contributed by atoms with E-state index in [9.17, 15) is 40.5 Å². The zero-order valence-electron chi connectivity index (χ0n) is 42.4. The van der Waals surface area contributed by atoms with Crippen LogP contribution in [0.5, 0.6) is 0 Å². The van der Waals surface area contributed by atoms with E-state index in [1.165, 1.54) is 19.6 Å². The molecule has 0 radical (unpaired) electrons. The fraction of sp³-hybridized carbons (Fsp3) is 0.940. The lowest BCUT2D eigenvalue weighted by atomic mass is 9.44. The van der Waals surface area contributed by atoms with Crippen LogP contribution in [0.4, 0.5) is 0 Å². The summed E-state index contributed by atoms with van der Waals surface area (Å²) < 4.78 is 74.0. The topological polar surface area (TPSA) is 269 Å². The van der Waals surface area contributed by atoms with Crippen LogP contribution in [-0.2, 0) is 61.6 Å². The van der Waals surface area contributed by atoms with Gasteiger partial charge in [0.25, 0.3) is 0 Å². The van der Waals surface area contributed by atoms with Crippen molar-refractivity contribution in [3.8, 4) is 0 Å². The molecule has 4 heterocycles. The molecule has 0 aromatic heterocycles. The molecular formula is C50H82O20. The minimum Gasteiger partial charge on any atom is -0.462 e. The van der Waals surface area contributed by atoms with Gasteiger partial charge >= 0.3 is 5.97 Å². The monoisotopic (exact) mass is 1000 g/mol. The molecule has 70 heavy (non-hydrogen) atoms. The summed E-state index contributed by atoms with van der Waals surface area (Å²) in [6.45, 7) is 12.3. The third-order valence-electron chi connectivity index (χ3n) is 18.2. The number of esters is 1. The molecule has 7 N–H and O–H groups in total. The number of ether oxygens (including phenoxy) is 12. The van der Waals surface area contributed by atoms with Gasteiger partial charge in [-0.05, 0) is 95.8 Å². The zero-order chi connectivity index (χ0) is 50.8. The molecule has 4 saturated heterocycles. The van der Waals surface area contributed by atoms with E-state index in [1.807, 2.05) is 20.8 Å². The first kappa shape index (κ1) is 54.7. The lowest BCUT2D eigenvalue weighted by Crippen LogP contribution is -2.67. The summed E-state index contributed by atoms with van der Waals surface area (Å²) >= 11 is 0. The molecule has 27 atom stereocenters. The molecule has 20 nitrogen and oxygen atoms in total. The maximum absolute atomic E-state index is 12.7. The Morgan fingerprint density at radius 1 is 0.729 bits per heavy atom. The predicted octanol–water partition coefficient (Wildman–Crippen LogP) is 1.36. The van der Waals surface area contributed by atoms with Crippen LogP contribution in [0.1, 0.15) is 106 Å². The number of rotatable bonds is 14. The molecule has 20 heteroatoms. The molecule has 0 spiro atoms. The Morgan fingerprint density at radius 3 is 1.93 bits per heavy atom. The van der Waals surface area contributed by atoms with Crippen LogP contribution in [0.3, 0.4) is 0 Å². The van der Waals surface area contributed by atoms with Gasteiger partial charge in [-0.25, -0.2) is 0 Å². The molecule has 402 valence electrons. The van der Waals surface area contributed by atoms with Crippen molar-refractivity contribution in [2.75, 3.05) is 27.9 Å². The van der Waals surface area contributed by atoms with Gasteiger partial charge in [0.05, 0.1) is 54.9 Å². The Bertz CT molecular complexity index is 1800. The first-order valence-electron chi connectivity index (χ1n) is 25.6. The van der Waals surface area contributed by atoms with E-state index in [2.05, 4.69) is 13.0 Å². The predicted molar refractivity (Wildman–Crippen MR) is 243 cm³/mol. The van der Waals surface area contributed by atoms with Crippen molar-refractivity contribution >= 4 is 5.97 Å². The number of aliphatic hydroxyl groups excluding tert-OH is 6. The van der Waals surface area contributed by atoms with Gasteiger partial charge in [0.15, 0.2) is 25.2 Å². The first-order chi connectivity index (χ1) is 33.1. The van der Waals surface area contributed by atoms with Crippen molar-refractivity contribution in [1.29, 1.82) is 0 Å². The second-order valence-electron chi connectivity index (χ2n) is 22.0. The summed E-state index contributed by atoms with van der Waals surface area (Å²) in [6, 6.07) is 0. The summed E-state index contributed by atoms with van der Waals surface area (Å²) in [5.74, 6) is -0.472. The number of hydrogen-bond acceptors (Lipinski definition) is 20. The Balaban J connectivity index is 0.857. The van der Waals surface area contributed by atoms with Crippen LogP contribution in [0.2, 0.25) is 0 Å². The molecule has 7 fully saturated rings. The average molecular weight is 1000 g/mol. The minimum atomic E-state index is -1.66. The number of allylic oxidation sites excluding steroid dienone is 1. The van der Waals surface area contributed by atoms with Crippen LogP contribution in [0, 0.1) is 28.6 Å². The van der Waals surface area contributed by atoms with E-state index >= 15 is 0 Å². The van der Waals surface area contributed by atoms with E-state index in [-0.39, 0.29) is 41.7 Å². The first-order valence-corrected chi connectivity index (χ1v) is 25.6. The number of fused-ring (bicyclic) bond motifs is 5. The Kier molecular flexibility index (Phi) is 16.9. The zero-order valence-corrected chi connectivity index (χ0v) is 42.4. The summed E-state index contributed by atoms with van der Waals surface area (Å²) in [4.78, 5) is 12.5. The molecule has 0 aromatic rings. The third kappa shape index (κ3) is 9.81. The van der Waals surface area contributed by atoms with Crippen LogP contribution in [0.25, 0.3) is 0 Å². The molecule has 4 aliphatic heterocycles. The maximum atomic E-state index is 12.7. The highest BCUT2D eigenvalue weighted by Gasteiger charge is 2.71. The Morgan fingerprint density at radius 2 is 1.33 bits per heavy atom. The largest absolute Gasteiger partial charge is 0.462 e. The van der Waals surface area contributed by atoms with Crippen molar-refractivity contribution in [1.82, 2.24) is 0 Å². The minimum absolute atomic E-state index is 0.0203. The fourth-order valence-electron chi connectivity index (χ4n) is 14.3. The normalized spacial score (nSPS) is 52.2. The van der Waals surface area contributed by atoms with Gasteiger partial charge in [-0.1, -0.05) is 25.5 Å². The summed E-state index contributed by atoms with van der Waals surface area (Å²) in [5.41, 5.74) is -0.751. The molecule has 3 saturated carbocycles. The maximum Gasteiger partial charge on any atom is 0.302 e. The lowest BCUT2D eigenvalue weighted by Gasteiger charge is -2.63. The number of carbonyl (C=O) groups excluding carboxylic acids is 1. The van der Waals surface area contributed by atoms with E-state index in [0.717, 1.165) is 19.3 Å². The smallest absolute Gasteiger partial charge is 0.302 e. The SMILES string of the molecule is CO[C@@H]1[C@@H](O)[C@H](O[C@@H]2[C@@H](OC)C[C@H](O[C@@H]3[C@@H](OC)C[C@H](O[C@H]4CC[C@@]5(C)C(=CC[C@@H]6[C@@H]5C[C@@H](OC(C)=O)[C@]5(C)[C@@H]([C@@H](C)O)CC[C@]65O)C4)O[C@@H]3C)O[C@@H]2C)O[C@H](C)[C@H]1O[C@@H]1O[C@H](CO)[C@@H](O)[C@H](O)[C@H]1O. The van der Waals surface area contributed by atoms with Crippen molar-refractivity contribution in [3.05, 3.63) is 11.6 Å². The number of methoxy groups -OCH3 is 3. The highest BCUT2D eigenvalue weighted by molar-refractivity contribution is 5.66. The quantitative estimate of drug-likeness (QED) is 0.0957. The van der Waals surface area contributed by atoms with Crippen LogP contribution in [0.15, 0.2) is 11.6 Å². The standard InChI is InChI=1S/C50H82O20/c1-22(52)29-14-16-50(58)30-12-11-27-17-28(13-15-48(27,6)31(30)18-35(49(29,50)7)65-26(5)53)66-36-19-32(59-8)42(23(2)62-36)68-37-20-33(60-9)43(24(3)63-37)69-47-41(57)45(61-10)44(25(4)64-47)70-46-40(56)39(55)38(54)34(21-51)67-46/h11,22-25,28-47,51-52,54-58H,12-21H2,1-10H3/t22-,23-,24-,25-,28+,29-,30-,31+,32+,33+,34-,35-,36+,37+,38-,39+,40-,41-,42+,43+,44-,45-,46+,47+,48+,49+,50+/m1/s1. The van der Waals surface area contributed by atoms with Gasteiger partial charge in [-0.15, -0.1) is 0 Å². The van der Waals surface area contributed by atoms with Crippen LogP contribution in [-0.4, -0.2) is 204 Å². The van der Waals surface area contributed by atoms with Crippen molar-refractivity contribution in [3.63, 3.8) is 0 Å². The molecule has 0 bridgehead atoms. The summed E-state index contributed by atoms with van der Waals surface area (Å²) in [6.07, 6.45) is -10.9. The molecule has 0 unspecified atom stereocenters. The lowest BCUT2D eigenvalue weighted by molar-refractivity contribution is -0.373. The third-order valence-corrected chi connectivity index (χ3v) is 18.2. The van der Waals surface area contributed by atoms with Crippen molar-refractivity contribution in [2.45, 2.75) is 241 Å². The van der Waals surface area contributed by atoms with Gasteiger partial charge in [-0.3, -0.25) is 4.79 Å². The van der Waals surface area contributed by atoms with E-state index in [4.69, 9.17) is 56.8 Å². The Labute approximate surface area is 411 Å². The van der Waals surface area contributed by atoms with Gasteiger partial charge < -0.3 is 92.6 Å².